The van der Waals surface area contributed by atoms with Crippen molar-refractivity contribution in [1.29, 1.82) is 0 Å². The zero-order valence-electron chi connectivity index (χ0n) is 27.4. The summed E-state index contributed by atoms with van der Waals surface area (Å²) in [7, 11) is 3.71. The summed E-state index contributed by atoms with van der Waals surface area (Å²) in [5.41, 5.74) is 0.897. The molecule has 0 radical (unpaired) electrons. The van der Waals surface area contributed by atoms with Crippen LogP contribution < -0.4 is 10.6 Å². The molecule has 1 aromatic carbocycles. The minimum atomic E-state index is -1.22. The normalized spacial score (nSPS) is 16.8. The fourth-order valence-corrected chi connectivity index (χ4v) is 5.76. The number of rotatable bonds is 19. The molecule has 0 aromatic heterocycles. The van der Waals surface area contributed by atoms with E-state index in [0.717, 1.165) is 44.2 Å². The Morgan fingerprint density at radius 3 is 2.29 bits per heavy atom. The van der Waals surface area contributed by atoms with E-state index >= 15 is 0 Å². The van der Waals surface area contributed by atoms with E-state index in [4.69, 9.17) is 12.8 Å². The fraction of sp³-hybridized carbons (Fsp3) is 0.639. The van der Waals surface area contributed by atoms with Crippen molar-refractivity contribution in [3.05, 3.63) is 35.9 Å². The van der Waals surface area contributed by atoms with E-state index in [1.165, 1.54) is 0 Å². The van der Waals surface area contributed by atoms with Crippen molar-refractivity contribution in [2.24, 2.45) is 11.8 Å². The number of hydrogen-bond acceptors (Lipinski definition) is 6. The van der Waals surface area contributed by atoms with Crippen LogP contribution in [0.5, 0.6) is 0 Å². The van der Waals surface area contributed by atoms with Gasteiger partial charge in [-0.2, -0.15) is 0 Å². The zero-order chi connectivity index (χ0) is 33.2. The molecule has 1 aromatic rings. The molecule has 1 fully saturated rings. The molecule has 2 rings (SSSR count). The van der Waals surface area contributed by atoms with Crippen LogP contribution in [0.3, 0.4) is 0 Å². The molecule has 5 atom stereocenters. The lowest BCUT2D eigenvalue weighted by molar-refractivity contribution is -0.137. The van der Waals surface area contributed by atoms with Crippen LogP contribution in [0.2, 0.25) is 0 Å². The molecule has 4 N–H and O–H groups in total. The highest BCUT2D eigenvalue weighted by molar-refractivity contribution is 5.91. The molecule has 9 nitrogen and oxygen atoms in total. The van der Waals surface area contributed by atoms with Gasteiger partial charge in [0.15, 0.2) is 0 Å². The summed E-state index contributed by atoms with van der Waals surface area (Å²) < 4.78 is 0. The Bertz CT molecular complexity index is 1120. The van der Waals surface area contributed by atoms with E-state index < -0.39 is 42.0 Å². The average Bonchev–Trinajstić information content (AvgIpc) is 3.05. The van der Waals surface area contributed by atoms with E-state index in [0.29, 0.717) is 38.3 Å². The van der Waals surface area contributed by atoms with Gasteiger partial charge in [-0.1, -0.05) is 69.4 Å². The lowest BCUT2D eigenvalue weighted by atomic mass is 9.82. The Morgan fingerprint density at radius 2 is 1.67 bits per heavy atom. The molecule has 248 valence electrons. The van der Waals surface area contributed by atoms with E-state index in [1.54, 1.807) is 11.9 Å². The molecule has 0 aliphatic heterocycles. The lowest BCUT2D eigenvalue weighted by Gasteiger charge is -2.33. The van der Waals surface area contributed by atoms with Crippen LogP contribution in [-0.2, 0) is 20.8 Å². The molecule has 0 heterocycles. The van der Waals surface area contributed by atoms with E-state index in [2.05, 4.69) is 27.4 Å². The third-order valence-corrected chi connectivity index (χ3v) is 8.88. The molecule has 0 saturated heterocycles. The molecule has 1 aliphatic rings. The van der Waals surface area contributed by atoms with Crippen LogP contribution in [0.15, 0.2) is 30.3 Å². The van der Waals surface area contributed by atoms with Gasteiger partial charge in [0.1, 0.15) is 12.1 Å². The first kappa shape index (κ1) is 37.8. The highest BCUT2D eigenvalue weighted by atomic mass is 16.3. The van der Waals surface area contributed by atoms with Crippen LogP contribution in [0.1, 0.15) is 76.7 Å². The van der Waals surface area contributed by atoms with Crippen molar-refractivity contribution >= 4 is 17.7 Å². The van der Waals surface area contributed by atoms with Crippen molar-refractivity contribution in [2.75, 3.05) is 33.7 Å². The largest absolute Gasteiger partial charge is 0.390 e. The fourth-order valence-electron chi connectivity index (χ4n) is 5.76. The minimum Gasteiger partial charge on any atom is -0.390 e. The first-order valence-electron chi connectivity index (χ1n) is 16.4. The van der Waals surface area contributed by atoms with Gasteiger partial charge < -0.3 is 30.6 Å². The summed E-state index contributed by atoms with van der Waals surface area (Å²) in [4.78, 5) is 44.3. The summed E-state index contributed by atoms with van der Waals surface area (Å²) in [5, 5.41) is 27.4. The van der Waals surface area contributed by atoms with E-state index in [9.17, 15) is 24.6 Å². The van der Waals surface area contributed by atoms with E-state index in [-0.39, 0.29) is 25.2 Å². The van der Waals surface area contributed by atoms with Gasteiger partial charge in [0, 0.05) is 39.4 Å². The standard InChI is InChI=1S/C36H54N4O5/c1-6-9-21-32(41)34(43)31(25-28-19-14-11-15-20-28)38-36(45)30(16-7-2)37-35(44)29(24-27-17-12-10-13-18-27)26-33(42)40(5)23-22-39(4)8-3/h1-2,10,12-13,17-18,28-32,34,41,43H,8-9,11,14-16,19-26H2,3-5H3,(H,37,44)(H,38,45)/t29?,30-,31?,32?,34+/m0/s1. The van der Waals surface area contributed by atoms with Crippen molar-refractivity contribution < 1.29 is 24.6 Å². The summed E-state index contributed by atoms with van der Waals surface area (Å²) >= 11 is 0. The van der Waals surface area contributed by atoms with Gasteiger partial charge in [0.05, 0.1) is 18.1 Å². The van der Waals surface area contributed by atoms with Gasteiger partial charge in [0.2, 0.25) is 17.7 Å². The third-order valence-electron chi connectivity index (χ3n) is 8.88. The highest BCUT2D eigenvalue weighted by Gasteiger charge is 2.34. The van der Waals surface area contributed by atoms with Crippen LogP contribution in [0.4, 0.5) is 0 Å². The second kappa shape index (κ2) is 20.6. The minimum absolute atomic E-state index is 0.0259. The first-order valence-corrected chi connectivity index (χ1v) is 16.4. The molecule has 1 aliphatic carbocycles. The molecular weight excluding hydrogens is 568 g/mol. The van der Waals surface area contributed by atoms with E-state index in [1.807, 2.05) is 44.3 Å². The van der Waals surface area contributed by atoms with Gasteiger partial charge in [-0.25, -0.2) is 0 Å². The predicted octanol–water partition coefficient (Wildman–Crippen LogP) is 2.74. The molecule has 9 heteroatoms. The summed E-state index contributed by atoms with van der Waals surface area (Å²) in [6.07, 6.45) is 15.2. The first-order chi connectivity index (χ1) is 21.6. The summed E-state index contributed by atoms with van der Waals surface area (Å²) in [6.45, 7) is 4.15. The number of hydrogen-bond donors (Lipinski definition) is 4. The number of likely N-dealkylation sites (N-methyl/N-ethyl adjacent to an activating group) is 2. The maximum atomic E-state index is 13.7. The topological polar surface area (TPSA) is 122 Å². The monoisotopic (exact) mass is 622 g/mol. The number of nitrogens with zero attached hydrogens (tertiary/aromatic N) is 2. The Labute approximate surface area is 270 Å². The zero-order valence-corrected chi connectivity index (χ0v) is 27.4. The summed E-state index contributed by atoms with van der Waals surface area (Å²) in [5.74, 6) is 3.39. The van der Waals surface area contributed by atoms with Crippen LogP contribution in [0, 0.1) is 36.5 Å². The Balaban J connectivity index is 2.20. The number of benzene rings is 1. The number of aliphatic hydroxyl groups excluding tert-OH is 2. The second-order valence-corrected chi connectivity index (χ2v) is 12.4. The van der Waals surface area contributed by atoms with Gasteiger partial charge in [0.25, 0.3) is 0 Å². The molecular formula is C36H54N4O5. The third kappa shape index (κ3) is 13.7. The second-order valence-electron chi connectivity index (χ2n) is 12.4. The van der Waals surface area contributed by atoms with Gasteiger partial charge >= 0.3 is 0 Å². The number of nitrogens with one attached hydrogen (secondary N) is 2. The highest BCUT2D eigenvalue weighted by Crippen LogP contribution is 2.29. The number of carbonyl (C=O) groups excluding carboxylic acids is 3. The average molecular weight is 623 g/mol. The number of amides is 3. The molecule has 0 spiro atoms. The van der Waals surface area contributed by atoms with Crippen LogP contribution in [0.25, 0.3) is 0 Å². The molecule has 3 unspecified atom stereocenters. The smallest absolute Gasteiger partial charge is 0.243 e. The lowest BCUT2D eigenvalue weighted by Crippen LogP contribution is -2.55. The molecule has 45 heavy (non-hydrogen) atoms. The number of terminal acetylenes is 2. The maximum absolute atomic E-state index is 13.7. The van der Waals surface area contributed by atoms with Gasteiger partial charge in [-0.05, 0) is 44.3 Å². The molecule has 3 amide bonds. The van der Waals surface area contributed by atoms with Crippen molar-refractivity contribution in [3.8, 4) is 24.7 Å². The maximum Gasteiger partial charge on any atom is 0.243 e. The summed E-state index contributed by atoms with van der Waals surface area (Å²) in [6, 6.07) is 7.64. The van der Waals surface area contributed by atoms with Gasteiger partial charge in [-0.3, -0.25) is 14.4 Å². The number of carbonyl (C=O) groups is 3. The molecule has 0 bridgehead atoms. The number of aliphatic hydroxyl groups is 2. The predicted molar refractivity (Wildman–Crippen MR) is 178 cm³/mol. The molecule has 1 saturated carbocycles. The quantitative estimate of drug-likeness (QED) is 0.176. The van der Waals surface area contributed by atoms with Crippen molar-refractivity contribution in [1.82, 2.24) is 20.4 Å². The van der Waals surface area contributed by atoms with Crippen LogP contribution in [-0.4, -0.2) is 95.8 Å². The van der Waals surface area contributed by atoms with Crippen LogP contribution >= 0.6 is 0 Å². The Morgan fingerprint density at radius 1 is 0.978 bits per heavy atom. The Hall–Kier alpha value is -3.37. The Kier molecular flexibility index (Phi) is 17.3. The van der Waals surface area contributed by atoms with Crippen molar-refractivity contribution in [3.63, 3.8) is 0 Å². The van der Waals surface area contributed by atoms with Gasteiger partial charge in [-0.15, -0.1) is 24.7 Å². The van der Waals surface area contributed by atoms with Crippen molar-refractivity contribution in [2.45, 2.75) is 102 Å². The SMILES string of the molecule is C#CCCC(O)[C@H](O)C(CC1CCCCC1)NC(=O)[C@H](CC#C)NC(=O)C(CC(=O)N(C)CCN(C)CC)Cc1ccccc1.